The summed E-state index contributed by atoms with van der Waals surface area (Å²) >= 11 is 0. The molecule has 1 heterocycles. The highest BCUT2D eigenvalue weighted by molar-refractivity contribution is 7.92. The van der Waals surface area contributed by atoms with Crippen molar-refractivity contribution >= 4 is 33.7 Å². The number of hydrazone groups is 1. The molecule has 40 heavy (non-hydrogen) atoms. The van der Waals surface area contributed by atoms with Gasteiger partial charge in [0.15, 0.2) is 6.61 Å². The van der Waals surface area contributed by atoms with Crippen LogP contribution in [0.2, 0.25) is 0 Å². The van der Waals surface area contributed by atoms with Gasteiger partial charge in [0.05, 0.1) is 16.8 Å². The van der Waals surface area contributed by atoms with Crippen LogP contribution in [0.3, 0.4) is 0 Å². The largest absolute Gasteiger partial charge is 0.484 e. The molecular formula is C30H34N4O5S. The monoisotopic (exact) mass is 562 g/mol. The molecule has 1 aliphatic heterocycles. The summed E-state index contributed by atoms with van der Waals surface area (Å²) in [5.74, 6) is -0.0533. The van der Waals surface area contributed by atoms with Crippen molar-refractivity contribution in [3.05, 3.63) is 89.5 Å². The Labute approximate surface area is 235 Å². The Morgan fingerprint density at radius 3 is 2.12 bits per heavy atom. The van der Waals surface area contributed by atoms with Gasteiger partial charge in [0.2, 0.25) is 0 Å². The summed E-state index contributed by atoms with van der Waals surface area (Å²) in [6, 6.07) is 20.3. The summed E-state index contributed by atoms with van der Waals surface area (Å²) in [6.07, 6.45) is 4.67. The van der Waals surface area contributed by atoms with Crippen LogP contribution in [0.15, 0.2) is 82.8 Å². The Balaban J connectivity index is 1.36. The number of likely N-dealkylation sites (tertiary alicyclic amines) is 1. The minimum Gasteiger partial charge on any atom is -0.484 e. The third kappa shape index (κ3) is 7.69. The molecule has 1 fully saturated rings. The number of carbonyl (C=O) groups is 2. The van der Waals surface area contributed by atoms with Crippen LogP contribution in [0, 0.1) is 13.8 Å². The molecule has 4 rings (SSSR count). The third-order valence-corrected chi connectivity index (χ3v) is 8.36. The molecule has 3 aromatic carbocycles. The molecule has 0 unspecified atom stereocenters. The lowest BCUT2D eigenvalue weighted by Gasteiger charge is -2.26. The lowest BCUT2D eigenvalue weighted by molar-refractivity contribution is -0.134. The van der Waals surface area contributed by atoms with E-state index in [0.717, 1.165) is 47.8 Å². The van der Waals surface area contributed by atoms with Gasteiger partial charge in [-0.3, -0.25) is 13.9 Å². The van der Waals surface area contributed by atoms with Crippen molar-refractivity contribution < 1.29 is 22.7 Å². The van der Waals surface area contributed by atoms with Crippen LogP contribution in [0.25, 0.3) is 0 Å². The molecule has 9 nitrogen and oxygen atoms in total. The predicted molar refractivity (Wildman–Crippen MR) is 155 cm³/mol. The van der Waals surface area contributed by atoms with Gasteiger partial charge in [0.1, 0.15) is 12.3 Å². The van der Waals surface area contributed by atoms with Crippen molar-refractivity contribution in [2.45, 2.75) is 38.0 Å². The minimum atomic E-state index is -4.00. The molecule has 0 saturated carbocycles. The number of anilines is 1. The van der Waals surface area contributed by atoms with Gasteiger partial charge in [-0.2, -0.15) is 5.10 Å². The maximum Gasteiger partial charge on any atom is 0.264 e. The highest BCUT2D eigenvalue weighted by Gasteiger charge is 2.27. The second-order valence-corrected chi connectivity index (χ2v) is 11.6. The molecule has 1 saturated heterocycles. The minimum absolute atomic E-state index is 0.00747. The number of nitrogens with one attached hydrogen (secondary N) is 1. The van der Waals surface area contributed by atoms with E-state index in [9.17, 15) is 18.0 Å². The van der Waals surface area contributed by atoms with E-state index < -0.39 is 22.5 Å². The number of rotatable bonds is 10. The average Bonchev–Trinajstić information content (AvgIpc) is 2.96. The van der Waals surface area contributed by atoms with E-state index in [0.29, 0.717) is 17.0 Å². The van der Waals surface area contributed by atoms with Gasteiger partial charge >= 0.3 is 0 Å². The number of hydrogen-bond acceptors (Lipinski definition) is 6. The van der Waals surface area contributed by atoms with Crippen molar-refractivity contribution in [1.82, 2.24) is 10.3 Å². The summed E-state index contributed by atoms with van der Waals surface area (Å²) in [5.41, 5.74) is 5.37. The highest BCUT2D eigenvalue weighted by atomic mass is 32.2. The molecule has 0 radical (unpaired) electrons. The average molecular weight is 563 g/mol. The zero-order valence-corrected chi connectivity index (χ0v) is 23.6. The zero-order chi connectivity index (χ0) is 28.5. The van der Waals surface area contributed by atoms with E-state index in [1.54, 1.807) is 60.7 Å². The van der Waals surface area contributed by atoms with Crippen molar-refractivity contribution in [2.24, 2.45) is 5.10 Å². The maximum atomic E-state index is 13.4. The van der Waals surface area contributed by atoms with E-state index >= 15 is 0 Å². The fourth-order valence-corrected chi connectivity index (χ4v) is 5.66. The number of nitrogens with zero attached hydrogens (tertiary/aromatic N) is 3. The van der Waals surface area contributed by atoms with Crippen LogP contribution in [-0.4, -0.2) is 57.6 Å². The van der Waals surface area contributed by atoms with Gasteiger partial charge in [0, 0.05) is 13.1 Å². The number of hydrogen-bond donors (Lipinski definition) is 1. The number of benzene rings is 3. The number of ether oxygens (including phenoxy) is 1. The van der Waals surface area contributed by atoms with E-state index in [-0.39, 0.29) is 17.4 Å². The normalized spacial score (nSPS) is 13.7. The van der Waals surface area contributed by atoms with Crippen LogP contribution in [0.1, 0.15) is 36.0 Å². The third-order valence-electron chi connectivity index (χ3n) is 6.57. The molecule has 0 aliphatic carbocycles. The molecule has 210 valence electrons. The zero-order valence-electron chi connectivity index (χ0n) is 22.7. The van der Waals surface area contributed by atoms with Crippen molar-refractivity contribution in [1.29, 1.82) is 0 Å². The summed E-state index contributed by atoms with van der Waals surface area (Å²) in [4.78, 5) is 27.0. The topological polar surface area (TPSA) is 108 Å². The highest BCUT2D eigenvalue weighted by Crippen LogP contribution is 2.24. The summed E-state index contributed by atoms with van der Waals surface area (Å²) in [7, 11) is -4.00. The number of amides is 2. The lowest BCUT2D eigenvalue weighted by Crippen LogP contribution is -2.39. The van der Waals surface area contributed by atoms with Gasteiger partial charge in [-0.05, 0) is 87.2 Å². The van der Waals surface area contributed by atoms with Crippen LogP contribution < -0.4 is 14.5 Å². The Morgan fingerprint density at radius 2 is 1.50 bits per heavy atom. The van der Waals surface area contributed by atoms with Gasteiger partial charge in [-0.25, -0.2) is 13.8 Å². The van der Waals surface area contributed by atoms with Gasteiger partial charge in [0.25, 0.3) is 21.8 Å². The second kappa shape index (κ2) is 13.3. The molecule has 2 amide bonds. The summed E-state index contributed by atoms with van der Waals surface area (Å²) in [6.45, 7) is 4.88. The van der Waals surface area contributed by atoms with E-state index in [1.807, 2.05) is 18.7 Å². The molecule has 1 N–H and O–H groups in total. The Hall–Kier alpha value is -4.18. The molecular weight excluding hydrogens is 528 g/mol. The Kier molecular flexibility index (Phi) is 9.55. The number of piperidine rings is 1. The van der Waals surface area contributed by atoms with Crippen LogP contribution in [0.4, 0.5) is 5.69 Å². The fraction of sp³-hybridized carbons (Fsp3) is 0.300. The van der Waals surface area contributed by atoms with Crippen molar-refractivity contribution in [2.75, 3.05) is 30.5 Å². The molecule has 3 aromatic rings. The Morgan fingerprint density at radius 1 is 0.900 bits per heavy atom. The van der Waals surface area contributed by atoms with E-state index in [2.05, 4.69) is 10.5 Å². The number of aryl methyl sites for hydroxylation is 2. The molecule has 0 bridgehead atoms. The smallest absolute Gasteiger partial charge is 0.264 e. The molecule has 0 aromatic heterocycles. The molecule has 10 heteroatoms. The van der Waals surface area contributed by atoms with Gasteiger partial charge in [-0.1, -0.05) is 35.4 Å². The maximum absolute atomic E-state index is 13.4. The lowest BCUT2D eigenvalue weighted by atomic mass is 10.1. The second-order valence-electron chi connectivity index (χ2n) is 9.75. The first-order valence-electron chi connectivity index (χ1n) is 13.2. The first-order valence-corrected chi connectivity index (χ1v) is 14.6. The van der Waals surface area contributed by atoms with E-state index in [1.165, 1.54) is 18.3 Å². The van der Waals surface area contributed by atoms with E-state index in [4.69, 9.17) is 4.74 Å². The molecule has 0 atom stereocenters. The standard InChI is InChI=1S/C30H34N4O5S/c1-23-6-12-26(13-7-23)34(40(37,38)28-16-8-24(2)9-17-28)21-29(35)32-31-20-25-10-14-27(15-11-25)39-22-30(36)33-18-4-3-5-19-33/h6-17,20H,3-5,18-19,21-22H2,1-2H3,(H,32,35)/b31-20-. The molecule has 0 spiro atoms. The van der Waals surface area contributed by atoms with Crippen molar-refractivity contribution in [3.63, 3.8) is 0 Å². The first kappa shape index (κ1) is 28.8. The fourth-order valence-electron chi connectivity index (χ4n) is 4.24. The SMILES string of the molecule is Cc1ccc(N(CC(=O)N/N=C\c2ccc(OCC(=O)N3CCCCC3)cc2)S(=O)(=O)c2ccc(C)cc2)cc1. The number of sulfonamides is 1. The van der Waals surface area contributed by atoms with Crippen molar-refractivity contribution in [3.8, 4) is 5.75 Å². The van der Waals surface area contributed by atoms with Crippen LogP contribution in [-0.2, 0) is 19.6 Å². The Bertz CT molecular complexity index is 1430. The first-order chi connectivity index (χ1) is 19.2. The summed E-state index contributed by atoms with van der Waals surface area (Å²) < 4.78 is 33.6. The predicted octanol–water partition coefficient (Wildman–Crippen LogP) is 4.04. The quantitative estimate of drug-likeness (QED) is 0.296. The number of carbonyl (C=O) groups excluding carboxylic acids is 2. The van der Waals surface area contributed by atoms with Gasteiger partial charge < -0.3 is 9.64 Å². The van der Waals surface area contributed by atoms with Crippen LogP contribution >= 0.6 is 0 Å². The van der Waals surface area contributed by atoms with Crippen LogP contribution in [0.5, 0.6) is 5.75 Å². The summed E-state index contributed by atoms with van der Waals surface area (Å²) in [5, 5.41) is 3.99. The van der Waals surface area contributed by atoms with Gasteiger partial charge in [-0.15, -0.1) is 0 Å². The molecule has 1 aliphatic rings.